The minimum Gasteiger partial charge on any atom is -0.381 e. The summed E-state index contributed by atoms with van der Waals surface area (Å²) in [6.07, 6.45) is 2.35. The van der Waals surface area contributed by atoms with Crippen LogP contribution in [0.3, 0.4) is 0 Å². The monoisotopic (exact) mass is 308 g/mol. The van der Waals surface area contributed by atoms with Crippen LogP contribution in [-0.4, -0.2) is 29.3 Å². The van der Waals surface area contributed by atoms with Gasteiger partial charge in [0.1, 0.15) is 0 Å². The first kappa shape index (κ1) is 15.5. The third kappa shape index (κ3) is 3.08. The molecule has 0 radical (unpaired) electrons. The molecule has 6 nitrogen and oxygen atoms in total. The molecule has 0 saturated heterocycles. The maximum atomic E-state index is 12.5. The molecule has 0 saturated carbocycles. The average molecular weight is 308 g/mol. The Morgan fingerprint density at radius 3 is 2.29 bits per heavy atom. The summed E-state index contributed by atoms with van der Waals surface area (Å²) >= 11 is 0. The molecule has 1 aromatic carbocycles. The molecule has 0 fully saturated rings. The number of benzene rings is 1. The van der Waals surface area contributed by atoms with Gasteiger partial charge in [-0.2, -0.15) is 4.31 Å². The van der Waals surface area contributed by atoms with Gasteiger partial charge in [0.2, 0.25) is 0 Å². The van der Waals surface area contributed by atoms with Crippen molar-refractivity contribution in [3.8, 4) is 0 Å². The van der Waals surface area contributed by atoms with E-state index in [-0.39, 0.29) is 17.4 Å². The SMILES string of the molecule is CCc1ccc(CN(C)S(=O)(=O)c2c(N)ncn2C)cc1. The summed E-state index contributed by atoms with van der Waals surface area (Å²) in [5.41, 5.74) is 7.81. The summed E-state index contributed by atoms with van der Waals surface area (Å²) in [4.78, 5) is 3.83. The third-order valence-corrected chi connectivity index (χ3v) is 5.34. The Kier molecular flexibility index (Phi) is 4.34. The lowest BCUT2D eigenvalue weighted by molar-refractivity contribution is 0.461. The molecule has 0 aliphatic rings. The molecule has 1 aromatic heterocycles. The van der Waals surface area contributed by atoms with E-state index in [0.29, 0.717) is 0 Å². The molecule has 0 amide bonds. The maximum absolute atomic E-state index is 12.5. The number of imidazole rings is 1. The van der Waals surface area contributed by atoms with Crippen molar-refractivity contribution in [2.24, 2.45) is 7.05 Å². The van der Waals surface area contributed by atoms with Crippen LogP contribution in [0.5, 0.6) is 0 Å². The fourth-order valence-electron chi connectivity index (χ4n) is 2.12. The number of aromatic nitrogens is 2. The molecule has 2 rings (SSSR count). The number of aryl methyl sites for hydroxylation is 2. The standard InChI is InChI=1S/C14H20N4O2S/c1-4-11-5-7-12(8-6-11)9-18(3)21(19,20)14-13(15)16-10-17(14)2/h5-8,10H,4,9,15H2,1-3H3. The van der Waals surface area contributed by atoms with Crippen LogP contribution in [-0.2, 0) is 30.0 Å². The van der Waals surface area contributed by atoms with Gasteiger partial charge in [-0.15, -0.1) is 0 Å². The second kappa shape index (κ2) is 5.87. The lowest BCUT2D eigenvalue weighted by Gasteiger charge is -2.18. The highest BCUT2D eigenvalue weighted by molar-refractivity contribution is 7.89. The number of sulfonamides is 1. The first-order valence-corrected chi connectivity index (χ1v) is 8.11. The number of anilines is 1. The van der Waals surface area contributed by atoms with Crippen LogP contribution < -0.4 is 5.73 Å². The lowest BCUT2D eigenvalue weighted by Crippen LogP contribution is -2.28. The van der Waals surface area contributed by atoms with Crippen LogP contribution in [0.1, 0.15) is 18.1 Å². The Hall–Kier alpha value is -1.86. The Labute approximate surface area is 125 Å². The van der Waals surface area contributed by atoms with Gasteiger partial charge in [0, 0.05) is 20.6 Å². The van der Waals surface area contributed by atoms with Crippen molar-refractivity contribution in [3.63, 3.8) is 0 Å². The van der Waals surface area contributed by atoms with Crippen molar-refractivity contribution in [3.05, 3.63) is 41.7 Å². The maximum Gasteiger partial charge on any atom is 0.262 e. The van der Waals surface area contributed by atoms with Crippen molar-refractivity contribution < 1.29 is 8.42 Å². The normalized spacial score (nSPS) is 12.0. The van der Waals surface area contributed by atoms with Crippen LogP contribution in [0.2, 0.25) is 0 Å². The highest BCUT2D eigenvalue weighted by atomic mass is 32.2. The summed E-state index contributed by atoms with van der Waals surface area (Å²) in [6, 6.07) is 7.90. The van der Waals surface area contributed by atoms with E-state index < -0.39 is 10.0 Å². The summed E-state index contributed by atoms with van der Waals surface area (Å²) < 4.78 is 27.8. The molecule has 0 bridgehead atoms. The van der Waals surface area contributed by atoms with Crippen molar-refractivity contribution in [1.29, 1.82) is 0 Å². The number of hydrogen-bond donors (Lipinski definition) is 1. The van der Waals surface area contributed by atoms with E-state index in [1.54, 1.807) is 7.05 Å². The molecule has 0 unspecified atom stereocenters. The van der Waals surface area contributed by atoms with Gasteiger partial charge in [0.25, 0.3) is 10.0 Å². The Bertz CT molecular complexity index is 700. The molecule has 2 aromatic rings. The van der Waals surface area contributed by atoms with Gasteiger partial charge in [-0.1, -0.05) is 31.2 Å². The van der Waals surface area contributed by atoms with Crippen molar-refractivity contribution in [2.45, 2.75) is 24.9 Å². The highest BCUT2D eigenvalue weighted by Gasteiger charge is 2.27. The van der Waals surface area contributed by atoms with Gasteiger partial charge in [0.05, 0.1) is 6.33 Å². The molecular formula is C14H20N4O2S. The Morgan fingerprint density at radius 1 is 1.24 bits per heavy atom. The van der Waals surface area contributed by atoms with Crippen molar-refractivity contribution in [2.75, 3.05) is 12.8 Å². The fraction of sp³-hybridized carbons (Fsp3) is 0.357. The van der Waals surface area contributed by atoms with Crippen molar-refractivity contribution >= 4 is 15.8 Å². The predicted molar refractivity (Wildman–Crippen MR) is 82.1 cm³/mol. The van der Waals surface area contributed by atoms with E-state index in [4.69, 9.17) is 5.73 Å². The number of rotatable bonds is 5. The minimum atomic E-state index is -3.66. The Morgan fingerprint density at radius 2 is 1.81 bits per heavy atom. The molecule has 114 valence electrons. The molecule has 21 heavy (non-hydrogen) atoms. The lowest BCUT2D eigenvalue weighted by atomic mass is 10.1. The quantitative estimate of drug-likeness (QED) is 0.905. The van der Waals surface area contributed by atoms with E-state index in [1.165, 1.54) is 27.8 Å². The van der Waals surface area contributed by atoms with Crippen LogP contribution in [0, 0.1) is 0 Å². The molecule has 7 heteroatoms. The zero-order chi connectivity index (χ0) is 15.6. The average Bonchev–Trinajstić information content (AvgIpc) is 2.79. The van der Waals surface area contributed by atoms with Crippen LogP contribution in [0.15, 0.2) is 35.6 Å². The molecule has 1 heterocycles. The molecular weight excluding hydrogens is 288 g/mol. The number of hydrogen-bond acceptors (Lipinski definition) is 4. The number of nitrogens with two attached hydrogens (primary N) is 1. The van der Waals surface area contributed by atoms with Crippen LogP contribution in [0.25, 0.3) is 0 Å². The molecule has 0 aliphatic carbocycles. The van der Waals surface area contributed by atoms with E-state index in [9.17, 15) is 8.42 Å². The minimum absolute atomic E-state index is 0.0191. The fourth-order valence-corrected chi connectivity index (χ4v) is 3.46. The third-order valence-electron chi connectivity index (χ3n) is 3.40. The zero-order valence-electron chi connectivity index (χ0n) is 12.4. The van der Waals surface area contributed by atoms with Crippen LogP contribution >= 0.6 is 0 Å². The second-order valence-electron chi connectivity index (χ2n) is 4.98. The van der Waals surface area contributed by atoms with Crippen molar-refractivity contribution in [1.82, 2.24) is 13.9 Å². The predicted octanol–water partition coefficient (Wildman–Crippen LogP) is 1.39. The summed E-state index contributed by atoms with van der Waals surface area (Å²) in [6.45, 7) is 2.37. The Balaban J connectivity index is 2.24. The van der Waals surface area contributed by atoms with Gasteiger partial charge in [-0.3, -0.25) is 0 Å². The van der Waals surface area contributed by atoms with Gasteiger partial charge in [0.15, 0.2) is 10.8 Å². The molecule has 0 atom stereocenters. The van der Waals surface area contributed by atoms with Gasteiger partial charge >= 0.3 is 0 Å². The highest BCUT2D eigenvalue weighted by Crippen LogP contribution is 2.21. The molecule has 0 spiro atoms. The van der Waals surface area contributed by atoms with E-state index in [0.717, 1.165) is 12.0 Å². The van der Waals surface area contributed by atoms with Gasteiger partial charge in [-0.25, -0.2) is 13.4 Å². The van der Waals surface area contributed by atoms with Gasteiger partial charge in [-0.05, 0) is 17.5 Å². The molecule has 2 N–H and O–H groups in total. The molecule has 0 aliphatic heterocycles. The van der Waals surface area contributed by atoms with Gasteiger partial charge < -0.3 is 10.3 Å². The van der Waals surface area contributed by atoms with E-state index in [1.807, 2.05) is 24.3 Å². The smallest absolute Gasteiger partial charge is 0.262 e. The summed E-state index contributed by atoms with van der Waals surface area (Å²) in [5, 5.41) is 0.0233. The van der Waals surface area contributed by atoms with Crippen LogP contribution in [0.4, 0.5) is 5.82 Å². The second-order valence-corrected chi connectivity index (χ2v) is 6.94. The number of nitrogens with zero attached hydrogens (tertiary/aromatic N) is 3. The van der Waals surface area contributed by atoms with E-state index >= 15 is 0 Å². The first-order valence-electron chi connectivity index (χ1n) is 6.67. The zero-order valence-corrected chi connectivity index (χ0v) is 13.3. The first-order chi connectivity index (χ1) is 9.86. The summed E-state index contributed by atoms with van der Waals surface area (Å²) in [7, 11) is -0.514. The summed E-state index contributed by atoms with van der Waals surface area (Å²) in [5.74, 6) is 0.0191. The largest absolute Gasteiger partial charge is 0.381 e. The number of nitrogen functional groups attached to an aromatic ring is 1. The topological polar surface area (TPSA) is 81.2 Å². The van der Waals surface area contributed by atoms with E-state index in [2.05, 4.69) is 11.9 Å².